The van der Waals surface area contributed by atoms with Crippen LogP contribution in [0.15, 0.2) is 0 Å². The van der Waals surface area contributed by atoms with E-state index in [4.69, 9.17) is 2.25 Å². The van der Waals surface area contributed by atoms with Gasteiger partial charge in [0, 0.05) is 0 Å². The van der Waals surface area contributed by atoms with Crippen LogP contribution in [0.2, 0.25) is 0 Å². The first-order chi connectivity index (χ1) is 14.2. The van der Waals surface area contributed by atoms with Gasteiger partial charge in [0.2, 0.25) is 0 Å². The van der Waals surface area contributed by atoms with Gasteiger partial charge in [0.1, 0.15) is 0 Å². The van der Waals surface area contributed by atoms with Crippen LogP contribution in [0.25, 0.3) is 0 Å². The molecule has 0 fully saturated rings. The molecule has 0 aliphatic rings. The van der Waals surface area contributed by atoms with Crippen LogP contribution in [0.3, 0.4) is 0 Å². The average Bonchev–Trinajstić information content (AvgIpc) is 2.81. The Hall–Kier alpha value is 2.31. The first-order valence-corrected chi connectivity index (χ1v) is 14.8. The molecular formula is C21H52S4V2. The third kappa shape index (κ3) is 95.7. The second-order valence-electron chi connectivity index (χ2n) is 6.18. The van der Waals surface area contributed by atoms with Crippen molar-refractivity contribution in [2.45, 2.75) is 138 Å². The van der Waals surface area contributed by atoms with Gasteiger partial charge in [0.15, 0.2) is 0 Å². The summed E-state index contributed by atoms with van der Waals surface area (Å²) in [5.74, 6) is 0. The Morgan fingerprint density at radius 1 is 0.407 bits per heavy atom. The molecule has 170 valence electrons. The monoisotopic (exact) mass is 538 g/mol. The molecule has 0 N–H and O–H groups in total. The minimum atomic E-state index is 1.34. The van der Waals surface area contributed by atoms with Crippen LogP contribution < -0.4 is 0 Å². The van der Waals surface area contributed by atoms with Crippen molar-refractivity contribution < 1.29 is 31.4 Å². The first kappa shape index (κ1) is 39.7. The summed E-state index contributed by atoms with van der Waals surface area (Å²) in [5, 5.41) is 0. The molecule has 0 unspecified atom stereocenters. The summed E-state index contributed by atoms with van der Waals surface area (Å²) in [6, 6.07) is 0. The molecular weight excluding hydrogens is 482 g/mol. The maximum absolute atomic E-state index is 5.44. The van der Waals surface area contributed by atoms with Crippen molar-refractivity contribution in [1.29, 1.82) is 2.25 Å². The van der Waals surface area contributed by atoms with Crippen molar-refractivity contribution in [2.75, 3.05) is 0 Å². The van der Waals surface area contributed by atoms with Crippen molar-refractivity contribution in [3.63, 3.8) is 0 Å². The van der Waals surface area contributed by atoms with Crippen molar-refractivity contribution in [3.8, 4) is 0 Å². The van der Waals surface area contributed by atoms with E-state index in [2.05, 4.69) is 88.9 Å². The molecule has 0 atom stereocenters. The standard InChI is InChI=1S/2C8H18.C5H12.2H2S.2S.2V/c2*1-3-5-7-8-6-4-2;1-3-5-4-2;;;;;;/h2*3-8H2,1-2H3;3-5H2,1-2H3;2*1H2;;;;/i/hT2. The van der Waals surface area contributed by atoms with E-state index in [0.29, 0.717) is 0 Å². The van der Waals surface area contributed by atoms with E-state index in [1.807, 2.05) is 31.4 Å². The van der Waals surface area contributed by atoms with Crippen molar-refractivity contribution >= 4 is 47.4 Å². The van der Waals surface area contributed by atoms with Crippen LogP contribution >= 0.6 is 47.4 Å². The van der Waals surface area contributed by atoms with E-state index in [9.17, 15) is 0 Å². The van der Waals surface area contributed by atoms with Gasteiger partial charge in [-0.1, -0.05) is 138 Å². The first-order valence-electron chi connectivity index (χ1n) is 11.5. The van der Waals surface area contributed by atoms with E-state index < -0.39 is 0 Å². The fourth-order valence-corrected chi connectivity index (χ4v) is 2.06. The van der Waals surface area contributed by atoms with Gasteiger partial charge in [-0.05, 0) is 0 Å². The molecule has 0 aromatic heterocycles. The molecule has 0 rings (SSSR count). The van der Waals surface area contributed by atoms with Gasteiger partial charge < -0.3 is 0 Å². The van der Waals surface area contributed by atoms with Crippen LogP contribution in [-0.4, -0.2) is 2.25 Å². The predicted octanol–water partition coefficient (Wildman–Crippen LogP) is 10.4. The fourth-order valence-electron chi connectivity index (χ4n) is 2.06. The summed E-state index contributed by atoms with van der Waals surface area (Å²) >= 11 is 9.35. The summed E-state index contributed by atoms with van der Waals surface area (Å²) in [7, 11) is 8.04. The van der Waals surface area contributed by atoms with Crippen molar-refractivity contribution in [3.05, 3.63) is 0 Å². The Morgan fingerprint density at radius 2 is 0.556 bits per heavy atom. The number of unbranched alkanes of at least 4 members (excludes halogenated alkanes) is 12. The van der Waals surface area contributed by atoms with Crippen LogP contribution in [0.1, 0.15) is 138 Å². The van der Waals surface area contributed by atoms with E-state index in [-0.39, 0.29) is 0 Å². The molecule has 0 spiro atoms. The van der Waals surface area contributed by atoms with Gasteiger partial charge in [0.05, 0.1) is 2.25 Å². The third-order valence-electron chi connectivity index (χ3n) is 3.62. The third-order valence-corrected chi connectivity index (χ3v) is 3.62. The summed E-state index contributed by atoms with van der Waals surface area (Å²) in [6.07, 6.45) is 21.1. The molecule has 0 amide bonds. The van der Waals surface area contributed by atoms with Gasteiger partial charge in [-0.3, -0.25) is 0 Å². The summed E-state index contributed by atoms with van der Waals surface area (Å²) in [5.41, 5.74) is 0. The van der Waals surface area contributed by atoms with Crippen LogP contribution in [-0.2, 0) is 31.4 Å². The quantitative estimate of drug-likeness (QED) is 0.227. The molecule has 6 heteroatoms. The Labute approximate surface area is 217 Å². The van der Waals surface area contributed by atoms with Gasteiger partial charge in [-0.15, -0.1) is 0 Å². The molecule has 0 aliphatic carbocycles. The van der Waals surface area contributed by atoms with E-state index >= 15 is 0 Å². The Balaban J connectivity index is -0.0000000432. The van der Waals surface area contributed by atoms with Gasteiger partial charge >= 0.3 is 52.0 Å². The van der Waals surface area contributed by atoms with Crippen LogP contribution in [0.4, 0.5) is 0 Å². The number of rotatable bonds is 12. The normalized spacial score (nSPS) is 8.07. The summed E-state index contributed by atoms with van der Waals surface area (Å²) < 4.78 is 10.9. The zero-order valence-corrected chi connectivity index (χ0v) is 25.4. The van der Waals surface area contributed by atoms with E-state index in [1.165, 1.54) is 96.3 Å². The summed E-state index contributed by atoms with van der Waals surface area (Å²) in [6.45, 7) is 13.4. The SMILES string of the molecule is CCCCC.CCCCCCCC.CCCCCCCC.[3H]S.[3H]S.[S]=[V].[S]=[V]. The molecule has 0 aliphatic heterocycles. The van der Waals surface area contributed by atoms with Crippen LogP contribution in [0.5, 0.6) is 0 Å². The van der Waals surface area contributed by atoms with Crippen molar-refractivity contribution in [2.24, 2.45) is 0 Å². The molecule has 0 saturated heterocycles. The molecule has 0 bridgehead atoms. The summed E-state index contributed by atoms with van der Waals surface area (Å²) in [4.78, 5) is 0. The second kappa shape index (κ2) is 70.5. The van der Waals surface area contributed by atoms with Gasteiger partial charge in [-0.25, -0.2) is 0 Å². The molecule has 27 heavy (non-hydrogen) atoms. The number of hydrogen-bond donors (Lipinski definition) is 0. The Bertz CT molecular complexity index is 148. The Kier molecular flexibility index (Phi) is 104. The fraction of sp³-hybridized carbons (Fsp3) is 1.00. The minimum absolute atomic E-state index is 1.34. The topological polar surface area (TPSA) is 0 Å². The van der Waals surface area contributed by atoms with Crippen molar-refractivity contribution in [1.82, 2.24) is 0 Å². The Morgan fingerprint density at radius 3 is 0.630 bits per heavy atom. The molecule has 0 aromatic rings. The predicted molar refractivity (Wildman–Crippen MR) is 139 cm³/mol. The molecule has 0 radical (unpaired) electrons. The van der Waals surface area contributed by atoms with E-state index in [1.54, 1.807) is 0 Å². The van der Waals surface area contributed by atoms with Gasteiger partial charge in [-0.2, -0.15) is 26.8 Å². The van der Waals surface area contributed by atoms with E-state index in [0.717, 1.165) is 0 Å². The number of hydrogen-bond acceptors (Lipinski definition) is 2. The van der Waals surface area contributed by atoms with Gasteiger partial charge in [0.25, 0.3) is 0 Å². The second-order valence-corrected chi connectivity index (χ2v) is 6.18. The zero-order chi connectivity index (χ0) is 24.6. The van der Waals surface area contributed by atoms with Crippen LogP contribution in [0, 0.1) is 0 Å². The molecule has 0 heterocycles. The maximum atomic E-state index is 5.44. The molecule has 0 saturated carbocycles. The zero-order valence-electron chi connectivity index (χ0n) is 21.2. The average molecular weight is 539 g/mol. The molecule has 0 nitrogen and oxygen atoms in total. The molecule has 0 aromatic carbocycles.